The van der Waals surface area contributed by atoms with Crippen LogP contribution in [-0.2, 0) is 32.9 Å². The maximum absolute atomic E-state index is 13.6. The first-order chi connectivity index (χ1) is 17.8. The van der Waals surface area contributed by atoms with Crippen LogP contribution < -0.4 is 16.0 Å². The second kappa shape index (κ2) is 9.85. The van der Waals surface area contributed by atoms with Gasteiger partial charge in [-0.2, -0.15) is 0 Å². The number of nitrogens with zero attached hydrogens (tertiary/aromatic N) is 2. The summed E-state index contributed by atoms with van der Waals surface area (Å²) in [6, 6.07) is 14.4. The highest BCUT2D eigenvalue weighted by Gasteiger charge is 2.58. The molecule has 5 amide bonds. The van der Waals surface area contributed by atoms with E-state index in [9.17, 15) is 19.2 Å². The van der Waals surface area contributed by atoms with Crippen LogP contribution in [0.5, 0.6) is 0 Å². The van der Waals surface area contributed by atoms with Crippen molar-refractivity contribution in [1.82, 2.24) is 20.4 Å². The predicted molar refractivity (Wildman–Crippen MR) is 136 cm³/mol. The summed E-state index contributed by atoms with van der Waals surface area (Å²) in [6.45, 7) is 3.67. The maximum Gasteiger partial charge on any atom is 0.418 e. The topological polar surface area (TPSA) is 120 Å². The van der Waals surface area contributed by atoms with Crippen molar-refractivity contribution in [1.29, 1.82) is 0 Å². The number of anilines is 1. The molecule has 2 unspecified atom stereocenters. The van der Waals surface area contributed by atoms with Crippen molar-refractivity contribution >= 4 is 29.6 Å². The first-order valence-electron chi connectivity index (χ1n) is 12.5. The Morgan fingerprint density at radius 3 is 2.62 bits per heavy atom. The molecule has 10 heteroatoms. The Kier molecular flexibility index (Phi) is 6.59. The standard InChI is InChI=1S/C27H31N5O5/c1-17(20-13-29-14-20)31(15-18-6-4-3-5-7-18)23(33)16-32-24(34)27(37-26(32)36)11-10-19-12-21(8-9-22(19)27)30-25(35)28-2/h3-9,12,17,20,29H,10-11,13-16H2,1-2H3,(H2,28,30,35). The second-order valence-electron chi connectivity index (χ2n) is 9.83. The molecule has 2 atom stereocenters. The minimum absolute atomic E-state index is 0.0601. The molecule has 1 spiro atoms. The molecule has 2 aromatic carbocycles. The molecule has 2 saturated heterocycles. The monoisotopic (exact) mass is 505 g/mol. The number of amides is 5. The van der Waals surface area contributed by atoms with Gasteiger partial charge in [-0.1, -0.05) is 36.4 Å². The highest BCUT2D eigenvalue weighted by atomic mass is 16.6. The van der Waals surface area contributed by atoms with Crippen LogP contribution in [0.15, 0.2) is 48.5 Å². The SMILES string of the molecule is CNC(=O)Nc1ccc2c(c1)CCC21OC(=O)N(CC(=O)N(Cc2ccccc2)C(C)C2CNC2)C1=O. The average molecular weight is 506 g/mol. The van der Waals surface area contributed by atoms with E-state index in [2.05, 4.69) is 16.0 Å². The van der Waals surface area contributed by atoms with Gasteiger partial charge in [-0.05, 0) is 36.6 Å². The first-order valence-corrected chi connectivity index (χ1v) is 12.5. The van der Waals surface area contributed by atoms with Gasteiger partial charge in [0.2, 0.25) is 11.5 Å². The lowest BCUT2D eigenvalue weighted by atomic mass is 9.93. The van der Waals surface area contributed by atoms with Crippen molar-refractivity contribution in [2.45, 2.75) is 38.0 Å². The summed E-state index contributed by atoms with van der Waals surface area (Å²) in [5.74, 6) is -0.511. The molecule has 0 bridgehead atoms. The van der Waals surface area contributed by atoms with E-state index in [1.807, 2.05) is 37.3 Å². The summed E-state index contributed by atoms with van der Waals surface area (Å²) in [6.07, 6.45) is -0.0131. The minimum Gasteiger partial charge on any atom is -0.427 e. The molecule has 2 aliphatic heterocycles. The van der Waals surface area contributed by atoms with Crippen molar-refractivity contribution in [2.75, 3.05) is 32.0 Å². The van der Waals surface area contributed by atoms with E-state index in [-0.39, 0.29) is 24.5 Å². The van der Waals surface area contributed by atoms with E-state index >= 15 is 0 Å². The molecule has 0 saturated carbocycles. The number of hydrogen-bond acceptors (Lipinski definition) is 6. The van der Waals surface area contributed by atoms with Gasteiger partial charge in [-0.3, -0.25) is 9.59 Å². The van der Waals surface area contributed by atoms with Crippen molar-refractivity contribution in [3.63, 3.8) is 0 Å². The lowest BCUT2D eigenvalue weighted by Gasteiger charge is -2.40. The molecule has 2 heterocycles. The predicted octanol–water partition coefficient (Wildman–Crippen LogP) is 2.19. The van der Waals surface area contributed by atoms with Crippen LogP contribution in [0.25, 0.3) is 0 Å². The Bertz CT molecular complexity index is 1230. The second-order valence-corrected chi connectivity index (χ2v) is 9.83. The van der Waals surface area contributed by atoms with Crippen LogP contribution in [0.2, 0.25) is 0 Å². The van der Waals surface area contributed by atoms with Gasteiger partial charge in [0, 0.05) is 56.3 Å². The zero-order valence-corrected chi connectivity index (χ0v) is 21.0. The number of fused-ring (bicyclic) bond motifs is 2. The molecule has 37 heavy (non-hydrogen) atoms. The molecule has 0 aromatic heterocycles. The van der Waals surface area contributed by atoms with E-state index in [1.165, 1.54) is 7.05 Å². The molecule has 10 nitrogen and oxygen atoms in total. The van der Waals surface area contributed by atoms with E-state index in [0.717, 1.165) is 29.1 Å². The van der Waals surface area contributed by atoms with Gasteiger partial charge in [-0.15, -0.1) is 0 Å². The summed E-state index contributed by atoms with van der Waals surface area (Å²) in [5.41, 5.74) is 1.53. The average Bonchev–Trinajstić information content (AvgIpc) is 3.33. The van der Waals surface area contributed by atoms with Crippen molar-refractivity contribution in [3.8, 4) is 0 Å². The Labute approximate surface area is 215 Å². The molecular formula is C27H31N5O5. The third-order valence-corrected chi connectivity index (χ3v) is 7.64. The molecule has 194 valence electrons. The zero-order valence-electron chi connectivity index (χ0n) is 21.0. The lowest BCUT2D eigenvalue weighted by Crippen LogP contribution is -2.56. The number of benzene rings is 2. The van der Waals surface area contributed by atoms with Crippen LogP contribution in [0.3, 0.4) is 0 Å². The van der Waals surface area contributed by atoms with E-state index < -0.39 is 17.6 Å². The third kappa shape index (κ3) is 4.53. The molecular weight excluding hydrogens is 474 g/mol. The number of carbonyl (C=O) groups excluding carboxylic acids is 4. The van der Waals surface area contributed by atoms with Gasteiger partial charge < -0.3 is 25.6 Å². The van der Waals surface area contributed by atoms with Gasteiger partial charge >= 0.3 is 12.1 Å². The summed E-state index contributed by atoms with van der Waals surface area (Å²) < 4.78 is 5.70. The molecule has 2 fully saturated rings. The fraction of sp³-hybridized carbons (Fsp3) is 0.407. The van der Waals surface area contributed by atoms with Crippen LogP contribution in [-0.4, -0.2) is 66.5 Å². The van der Waals surface area contributed by atoms with Crippen LogP contribution in [0.4, 0.5) is 15.3 Å². The molecule has 0 radical (unpaired) electrons. The van der Waals surface area contributed by atoms with Crippen LogP contribution >= 0.6 is 0 Å². The van der Waals surface area contributed by atoms with Crippen molar-refractivity contribution in [3.05, 3.63) is 65.2 Å². The number of imide groups is 1. The van der Waals surface area contributed by atoms with Gasteiger partial charge in [0.15, 0.2) is 0 Å². The number of hydrogen-bond donors (Lipinski definition) is 3. The van der Waals surface area contributed by atoms with E-state index in [1.54, 1.807) is 23.1 Å². The minimum atomic E-state index is -1.44. The molecule has 2 aromatic rings. The zero-order chi connectivity index (χ0) is 26.2. The van der Waals surface area contributed by atoms with Gasteiger partial charge in [-0.25, -0.2) is 14.5 Å². The third-order valence-electron chi connectivity index (χ3n) is 7.64. The van der Waals surface area contributed by atoms with Crippen LogP contribution in [0, 0.1) is 5.92 Å². The highest BCUT2D eigenvalue weighted by molar-refractivity contribution is 6.06. The molecule has 1 aliphatic carbocycles. The van der Waals surface area contributed by atoms with Gasteiger partial charge in [0.05, 0.1) is 0 Å². The number of urea groups is 1. The van der Waals surface area contributed by atoms with E-state index in [0.29, 0.717) is 36.6 Å². The number of nitrogens with one attached hydrogen (secondary N) is 3. The summed E-state index contributed by atoms with van der Waals surface area (Å²) in [5, 5.41) is 8.45. The van der Waals surface area contributed by atoms with Crippen molar-refractivity contribution in [2.24, 2.45) is 5.92 Å². The smallest absolute Gasteiger partial charge is 0.418 e. The summed E-state index contributed by atoms with van der Waals surface area (Å²) in [7, 11) is 1.52. The van der Waals surface area contributed by atoms with Crippen molar-refractivity contribution < 1.29 is 23.9 Å². The fourth-order valence-electron chi connectivity index (χ4n) is 5.30. The summed E-state index contributed by atoms with van der Waals surface area (Å²) in [4.78, 5) is 54.5. The maximum atomic E-state index is 13.6. The Morgan fingerprint density at radius 1 is 1.19 bits per heavy atom. The Balaban J connectivity index is 1.35. The Morgan fingerprint density at radius 2 is 1.95 bits per heavy atom. The largest absolute Gasteiger partial charge is 0.427 e. The number of rotatable bonds is 7. The summed E-state index contributed by atoms with van der Waals surface area (Å²) >= 11 is 0. The highest BCUT2D eigenvalue weighted by Crippen LogP contribution is 2.46. The fourth-order valence-corrected chi connectivity index (χ4v) is 5.30. The number of aryl methyl sites for hydroxylation is 1. The Hall–Kier alpha value is -3.92. The van der Waals surface area contributed by atoms with Gasteiger partial charge in [0.1, 0.15) is 6.54 Å². The van der Waals surface area contributed by atoms with Crippen LogP contribution in [0.1, 0.15) is 30.0 Å². The van der Waals surface area contributed by atoms with Gasteiger partial charge in [0.25, 0.3) is 5.91 Å². The molecule has 5 rings (SSSR count). The molecule has 3 aliphatic rings. The lowest BCUT2D eigenvalue weighted by molar-refractivity contribution is -0.143. The first kappa shape index (κ1) is 24.8. The molecule has 3 N–H and O–H groups in total. The number of carbonyl (C=O) groups is 4. The van der Waals surface area contributed by atoms with E-state index in [4.69, 9.17) is 4.74 Å². The normalized spacial score (nSPS) is 21.3. The quantitative estimate of drug-likeness (QED) is 0.531. The number of ether oxygens (including phenoxy) is 1.